The number of nitrogens with one attached hydrogen (secondary N) is 2. The first-order valence-corrected chi connectivity index (χ1v) is 17.6. The van der Waals surface area contributed by atoms with Gasteiger partial charge >= 0.3 is 5.97 Å². The van der Waals surface area contributed by atoms with E-state index in [2.05, 4.69) is 29.8 Å². The molecule has 5 fully saturated rings. The molecule has 0 aromatic heterocycles. The number of hydrogen-bond acceptors (Lipinski definition) is 10. The van der Waals surface area contributed by atoms with Crippen LogP contribution in [0.1, 0.15) is 85.5 Å². The highest BCUT2D eigenvalue weighted by atomic mass is 16.6. The monoisotopic (exact) mass is 635 g/mol. The number of carbonyl (C=O) groups excluding carboxylic acids is 2. The average molecular weight is 636 g/mol. The van der Waals surface area contributed by atoms with Crippen molar-refractivity contribution in [2.24, 2.45) is 35.3 Å². The van der Waals surface area contributed by atoms with Crippen molar-refractivity contribution in [1.29, 1.82) is 0 Å². The fourth-order valence-electron chi connectivity index (χ4n) is 8.90. The Bertz CT molecular complexity index is 1050. The number of quaternary nitrogens is 1. The van der Waals surface area contributed by atoms with Crippen LogP contribution < -0.4 is 21.7 Å². The van der Waals surface area contributed by atoms with Crippen molar-refractivity contribution in [1.82, 2.24) is 10.6 Å². The maximum Gasteiger partial charge on any atom is 0.333 e. The van der Waals surface area contributed by atoms with Gasteiger partial charge in [0.25, 0.3) is 0 Å². The van der Waals surface area contributed by atoms with Gasteiger partial charge in [-0.1, -0.05) is 13.0 Å². The number of aliphatic hydroxyl groups excluding tert-OH is 2. The van der Waals surface area contributed by atoms with Crippen LogP contribution in [0.15, 0.2) is 11.6 Å². The van der Waals surface area contributed by atoms with E-state index in [4.69, 9.17) is 19.9 Å². The van der Waals surface area contributed by atoms with Gasteiger partial charge in [0.1, 0.15) is 23.7 Å². The first-order chi connectivity index (χ1) is 21.6. The Hall–Kier alpha value is -1.44. The molecule has 0 aromatic rings. The number of rotatable bonds is 10. The molecule has 4 heterocycles. The molecule has 4 aliphatic heterocycles. The Balaban J connectivity index is 1.42. The number of ether oxygens (including phenoxy) is 3. The number of allylic oxidation sites excluding steroid dienone is 1. The summed E-state index contributed by atoms with van der Waals surface area (Å²) < 4.78 is 19.8. The maximum atomic E-state index is 13.5. The highest BCUT2D eigenvalue weighted by Crippen LogP contribution is 2.52. The molecule has 8 N–H and O–H groups in total. The van der Waals surface area contributed by atoms with Gasteiger partial charge in [0.2, 0.25) is 0 Å². The number of nitrogens with two attached hydrogens (primary N) is 2. The number of carbonyl (C=O) groups is 2. The van der Waals surface area contributed by atoms with Crippen molar-refractivity contribution in [2.75, 3.05) is 26.2 Å². The second kappa shape index (κ2) is 15.2. The van der Waals surface area contributed by atoms with Crippen LogP contribution >= 0.6 is 0 Å². The summed E-state index contributed by atoms with van der Waals surface area (Å²) in [7, 11) is 0. The second-order valence-electron chi connectivity index (χ2n) is 14.7. The van der Waals surface area contributed by atoms with Gasteiger partial charge in [-0.25, -0.2) is 4.79 Å². The molecule has 4 saturated heterocycles. The van der Waals surface area contributed by atoms with E-state index < -0.39 is 35.9 Å². The number of Topliss-reactive ketones (excluding diaryl/α,β-unsaturated/α-hetero) is 1. The van der Waals surface area contributed by atoms with Crippen molar-refractivity contribution in [3.8, 4) is 0 Å². The van der Waals surface area contributed by atoms with E-state index in [0.717, 1.165) is 64.6 Å². The van der Waals surface area contributed by atoms with E-state index in [0.29, 0.717) is 30.0 Å². The minimum atomic E-state index is -0.983. The van der Waals surface area contributed by atoms with Crippen LogP contribution in [0, 0.1) is 29.6 Å². The van der Waals surface area contributed by atoms with Crippen LogP contribution in [0.2, 0.25) is 0 Å². The molecule has 0 amide bonds. The minimum Gasteiger partial charge on any atom is -0.456 e. The number of fused-ring (bicyclic) bond motifs is 2. The van der Waals surface area contributed by atoms with E-state index in [1.54, 1.807) is 13.0 Å². The molecule has 0 aromatic carbocycles. The van der Waals surface area contributed by atoms with Gasteiger partial charge < -0.3 is 40.8 Å². The zero-order valence-corrected chi connectivity index (χ0v) is 27.8. The van der Waals surface area contributed by atoms with E-state index in [-0.39, 0.29) is 48.9 Å². The zero-order valence-electron chi connectivity index (χ0n) is 27.8. The van der Waals surface area contributed by atoms with Crippen molar-refractivity contribution >= 4 is 11.8 Å². The van der Waals surface area contributed by atoms with E-state index in [1.165, 1.54) is 0 Å². The molecule has 5 aliphatic rings. The van der Waals surface area contributed by atoms with E-state index >= 15 is 0 Å². The highest BCUT2D eigenvalue weighted by molar-refractivity contribution is 5.87. The molecule has 0 radical (unpaired) electrons. The number of aliphatic hydroxyl groups is 2. The molecule has 0 spiro atoms. The van der Waals surface area contributed by atoms with Gasteiger partial charge in [0, 0.05) is 36.2 Å². The summed E-state index contributed by atoms with van der Waals surface area (Å²) in [5, 5.41) is 31.1. The fourth-order valence-corrected chi connectivity index (χ4v) is 8.90. The Kier molecular flexibility index (Phi) is 11.8. The summed E-state index contributed by atoms with van der Waals surface area (Å²) in [6, 6.07) is 0. The molecule has 0 bridgehead atoms. The predicted octanol–water partition coefficient (Wildman–Crippen LogP) is 0.718. The van der Waals surface area contributed by atoms with Gasteiger partial charge in [-0.05, 0) is 84.7 Å². The largest absolute Gasteiger partial charge is 0.456 e. The maximum absolute atomic E-state index is 13.5. The standard InChI is InChI=1S/C34H58N4O7/c1-5-19(3)33(42)44-26-16-23-30(41)29-25(40)15-22(18-39)43-32(29)24(13-21-10-12-37-27(35)14-21)31(23)45-34(26,4)11-9-20-7-8-28(36-6-2)38-17-20/h5,20-24,26-32,36-39,41H,6-18,35H2,1-4H3/p+1/t20?,21?,22?,23?,24?,26-,27?,28?,29?,30?,31?,32?,34-/m1/s1. The second-order valence-corrected chi connectivity index (χ2v) is 14.7. The molecule has 11 nitrogen and oxygen atoms in total. The van der Waals surface area contributed by atoms with Crippen LogP contribution in [0.3, 0.4) is 0 Å². The van der Waals surface area contributed by atoms with Gasteiger partial charge in [0.05, 0.1) is 49.7 Å². The van der Waals surface area contributed by atoms with Crippen LogP contribution in [-0.4, -0.2) is 96.7 Å². The summed E-state index contributed by atoms with van der Waals surface area (Å²) >= 11 is 0. The minimum absolute atomic E-state index is 0.0701. The number of esters is 1. The first-order valence-electron chi connectivity index (χ1n) is 17.6. The molecule has 1 saturated carbocycles. The lowest BCUT2D eigenvalue weighted by Gasteiger charge is -2.58. The molecule has 11 heteroatoms. The van der Waals surface area contributed by atoms with Crippen molar-refractivity contribution in [2.45, 2.75) is 134 Å². The molecule has 5 rings (SSSR count). The molecule has 256 valence electrons. The molecule has 13 atom stereocenters. The van der Waals surface area contributed by atoms with Crippen LogP contribution in [-0.2, 0) is 23.8 Å². The predicted molar refractivity (Wildman–Crippen MR) is 169 cm³/mol. The molecule has 11 unspecified atom stereocenters. The zero-order chi connectivity index (χ0) is 32.3. The molecule has 1 aliphatic carbocycles. The normalized spacial score (nSPS) is 44.2. The van der Waals surface area contributed by atoms with Crippen LogP contribution in [0.4, 0.5) is 0 Å². The average Bonchev–Trinajstić information content (AvgIpc) is 3.02. The smallest absolute Gasteiger partial charge is 0.333 e. The van der Waals surface area contributed by atoms with Gasteiger partial charge in [-0.3, -0.25) is 10.1 Å². The van der Waals surface area contributed by atoms with Gasteiger partial charge in [0.15, 0.2) is 0 Å². The van der Waals surface area contributed by atoms with E-state index in [9.17, 15) is 19.8 Å². The van der Waals surface area contributed by atoms with Gasteiger partial charge in [-0.2, -0.15) is 0 Å². The summed E-state index contributed by atoms with van der Waals surface area (Å²) in [5.41, 5.74) is 6.06. The third-order valence-corrected chi connectivity index (χ3v) is 11.7. The SMILES string of the molecule is CC=C(C)C(=O)O[C@@H]1CC2C(O)C3C(=O)CC(CO)OC3C(CC3CCNC(N)C3)C2O[C@]1(C)CCC1CCC(NCC)[NH2+]C1. The molecular weight excluding hydrogens is 576 g/mol. The number of ketones is 1. The third kappa shape index (κ3) is 7.83. The van der Waals surface area contributed by atoms with Crippen LogP contribution in [0.5, 0.6) is 0 Å². The van der Waals surface area contributed by atoms with Gasteiger partial charge in [-0.15, -0.1) is 0 Å². The molecular formula is C34H59N4O7+. The topological polar surface area (TPSA) is 169 Å². The highest BCUT2D eigenvalue weighted by Gasteiger charge is 2.61. The first kappa shape index (κ1) is 34.9. The summed E-state index contributed by atoms with van der Waals surface area (Å²) in [6.45, 7) is 10.4. The fraction of sp³-hybridized carbons (Fsp3) is 0.882. The third-order valence-electron chi connectivity index (χ3n) is 11.7. The lowest BCUT2D eigenvalue weighted by atomic mass is 9.60. The van der Waals surface area contributed by atoms with E-state index in [1.807, 2.05) is 6.92 Å². The van der Waals surface area contributed by atoms with Crippen molar-refractivity contribution in [3.63, 3.8) is 0 Å². The summed E-state index contributed by atoms with van der Waals surface area (Å²) in [4.78, 5) is 26.7. The number of hydrogen-bond donors (Lipinski definition) is 6. The van der Waals surface area contributed by atoms with Crippen LogP contribution in [0.25, 0.3) is 0 Å². The Labute approximate surface area is 268 Å². The quantitative estimate of drug-likeness (QED) is 0.149. The summed E-state index contributed by atoms with van der Waals surface area (Å²) in [6.07, 6.45) is 6.06. The Morgan fingerprint density at radius 2 is 2.04 bits per heavy atom. The Morgan fingerprint density at radius 3 is 2.71 bits per heavy atom. The Morgan fingerprint density at radius 1 is 1.24 bits per heavy atom. The lowest BCUT2D eigenvalue weighted by molar-refractivity contribution is -0.708. The lowest BCUT2D eigenvalue weighted by Crippen LogP contribution is -2.95. The van der Waals surface area contributed by atoms with Crippen molar-refractivity contribution in [3.05, 3.63) is 11.6 Å². The molecule has 45 heavy (non-hydrogen) atoms. The number of piperidine rings is 2. The summed E-state index contributed by atoms with van der Waals surface area (Å²) in [5.74, 6) is -0.829. The van der Waals surface area contributed by atoms with Crippen molar-refractivity contribution < 1.29 is 39.3 Å².